The number of carbonyl (C=O) groups is 2. The van der Waals surface area contributed by atoms with Gasteiger partial charge < -0.3 is 19.7 Å². The summed E-state index contributed by atoms with van der Waals surface area (Å²) in [6.07, 6.45) is 14.4. The molecule has 208 valence electrons. The van der Waals surface area contributed by atoms with Crippen molar-refractivity contribution in [3.63, 3.8) is 0 Å². The summed E-state index contributed by atoms with van der Waals surface area (Å²) in [7, 11) is 1.68. The highest BCUT2D eigenvalue weighted by molar-refractivity contribution is 5.80. The Labute approximate surface area is 233 Å². The summed E-state index contributed by atoms with van der Waals surface area (Å²) in [5.41, 5.74) is 3.41. The molecule has 0 heterocycles. The molecule has 3 atom stereocenters. The number of carbonyl (C=O) groups excluding carboxylic acids is 2. The van der Waals surface area contributed by atoms with Gasteiger partial charge in [0, 0.05) is 27.0 Å². The van der Waals surface area contributed by atoms with Crippen molar-refractivity contribution in [1.29, 1.82) is 0 Å². The first-order chi connectivity index (χ1) is 19.1. The number of nitrogens with one attached hydrogen (secondary N) is 1. The molecule has 0 aliphatic heterocycles. The number of benzene rings is 2. The van der Waals surface area contributed by atoms with Gasteiger partial charge in [-0.1, -0.05) is 73.5 Å². The molecule has 0 spiro atoms. The van der Waals surface area contributed by atoms with E-state index in [-0.39, 0.29) is 37.3 Å². The van der Waals surface area contributed by atoms with Crippen LogP contribution >= 0.6 is 0 Å². The molecular formula is C33H42N2O4. The molecule has 3 aliphatic rings. The number of nitrogens with zero attached hydrogens (tertiary/aromatic N) is 1. The quantitative estimate of drug-likeness (QED) is 0.368. The summed E-state index contributed by atoms with van der Waals surface area (Å²) in [5.74, 6) is 0.818. The van der Waals surface area contributed by atoms with Gasteiger partial charge in [-0.15, -0.1) is 0 Å². The fraction of sp³-hybridized carbons (Fsp3) is 0.455. The Kier molecular flexibility index (Phi) is 9.15. The average Bonchev–Trinajstić information content (AvgIpc) is 3.82. The van der Waals surface area contributed by atoms with Crippen LogP contribution in [0.2, 0.25) is 0 Å². The predicted molar refractivity (Wildman–Crippen MR) is 155 cm³/mol. The molecule has 5 rings (SSSR count). The van der Waals surface area contributed by atoms with Crippen LogP contribution in [-0.2, 0) is 16.1 Å². The number of allylic oxidation sites excluding steroid dienone is 2. The lowest BCUT2D eigenvalue weighted by Crippen LogP contribution is -2.44. The van der Waals surface area contributed by atoms with E-state index < -0.39 is 0 Å². The van der Waals surface area contributed by atoms with Gasteiger partial charge in [0.05, 0.1) is 12.6 Å². The molecule has 1 unspecified atom stereocenters. The van der Waals surface area contributed by atoms with Crippen LogP contribution in [0, 0.1) is 5.92 Å². The van der Waals surface area contributed by atoms with E-state index in [0.29, 0.717) is 18.9 Å². The van der Waals surface area contributed by atoms with Gasteiger partial charge in [0.25, 0.3) is 0 Å². The molecule has 2 aromatic carbocycles. The largest absolute Gasteiger partial charge is 0.415 e. The second kappa shape index (κ2) is 13.1. The zero-order valence-electron chi connectivity index (χ0n) is 22.9. The fourth-order valence-corrected chi connectivity index (χ4v) is 5.85. The van der Waals surface area contributed by atoms with Crippen LogP contribution < -0.4 is 10.1 Å². The summed E-state index contributed by atoms with van der Waals surface area (Å²) in [5, 5.41) is 3.30. The highest BCUT2D eigenvalue weighted by atomic mass is 16.6. The van der Waals surface area contributed by atoms with Gasteiger partial charge in [-0.25, -0.2) is 4.79 Å². The van der Waals surface area contributed by atoms with Crippen LogP contribution in [0.5, 0.6) is 5.75 Å². The number of hydrogen-bond acceptors (Lipinski definition) is 4. The molecule has 2 aromatic rings. The molecule has 0 bridgehead atoms. The predicted octanol–water partition coefficient (Wildman–Crippen LogP) is 6.78. The van der Waals surface area contributed by atoms with Crippen LogP contribution in [0.1, 0.15) is 69.8 Å². The smallest absolute Gasteiger partial charge is 0.410 e. The van der Waals surface area contributed by atoms with Crippen LogP contribution in [-0.4, -0.2) is 42.7 Å². The number of rotatable bonds is 10. The number of hydrogen-bond donors (Lipinski definition) is 1. The number of methoxy groups -OCH3 is 1. The van der Waals surface area contributed by atoms with Gasteiger partial charge in [0.2, 0.25) is 5.91 Å². The van der Waals surface area contributed by atoms with Gasteiger partial charge in [-0.05, 0) is 73.3 Å². The standard InChI is InChI=1S/C33H40N2O4.H2/c1-38-23-31(26-10-4-2-5-11-26)34-32(36)30-15-9-8-14-29(30)25-18-16-24(17-19-25)22-35(27-20-21-27)33(37)39-28-12-6-3-7-13-28;/h3-4,6-7,10-13,16-19,27,29-31H,2,5,8-9,14-15,20-23H2,1H3,(H,34,36);1H/t29-,30+,31?;/m1./s1. The lowest BCUT2D eigenvalue weighted by atomic mass is 9.74. The van der Waals surface area contributed by atoms with Crippen molar-refractivity contribution in [2.75, 3.05) is 13.7 Å². The van der Waals surface area contributed by atoms with E-state index in [2.05, 4.69) is 47.8 Å². The minimum absolute atomic E-state index is 0. The summed E-state index contributed by atoms with van der Waals surface area (Å²) >= 11 is 0. The summed E-state index contributed by atoms with van der Waals surface area (Å²) < 4.78 is 11.1. The highest BCUT2D eigenvalue weighted by Crippen LogP contribution is 2.38. The third-order valence-electron chi connectivity index (χ3n) is 8.11. The second-order valence-corrected chi connectivity index (χ2v) is 11.0. The van der Waals surface area contributed by atoms with Crippen LogP contribution in [0.3, 0.4) is 0 Å². The highest BCUT2D eigenvalue weighted by Gasteiger charge is 2.35. The summed E-state index contributed by atoms with van der Waals surface area (Å²) in [6, 6.07) is 17.9. The third kappa shape index (κ3) is 7.18. The van der Waals surface area contributed by atoms with Crippen molar-refractivity contribution in [2.45, 2.75) is 75.9 Å². The van der Waals surface area contributed by atoms with Gasteiger partial charge in [-0.2, -0.15) is 0 Å². The zero-order chi connectivity index (χ0) is 27.0. The normalized spacial score (nSPS) is 21.5. The molecule has 2 amide bonds. The van der Waals surface area contributed by atoms with Crippen LogP contribution in [0.25, 0.3) is 0 Å². The first-order valence-corrected chi connectivity index (χ1v) is 14.4. The van der Waals surface area contributed by atoms with E-state index in [1.807, 2.05) is 23.1 Å². The molecule has 0 saturated heterocycles. The van der Waals surface area contributed by atoms with Gasteiger partial charge in [0.1, 0.15) is 5.75 Å². The Hall–Kier alpha value is -3.38. The molecule has 2 saturated carbocycles. The maximum Gasteiger partial charge on any atom is 0.415 e. The van der Waals surface area contributed by atoms with E-state index in [1.165, 1.54) is 5.56 Å². The number of amides is 2. The molecule has 39 heavy (non-hydrogen) atoms. The molecule has 2 fully saturated rings. The van der Waals surface area contributed by atoms with Crippen molar-refractivity contribution in [1.82, 2.24) is 10.2 Å². The minimum atomic E-state index is -0.301. The first-order valence-electron chi connectivity index (χ1n) is 14.4. The molecule has 6 heteroatoms. The Morgan fingerprint density at radius 3 is 2.46 bits per heavy atom. The van der Waals surface area contributed by atoms with E-state index in [0.717, 1.165) is 62.5 Å². The molecular weight excluding hydrogens is 488 g/mol. The van der Waals surface area contributed by atoms with E-state index in [1.54, 1.807) is 19.2 Å². The Balaban J connectivity index is 0.00000370. The maximum atomic E-state index is 13.6. The monoisotopic (exact) mass is 530 g/mol. The lowest BCUT2D eigenvalue weighted by molar-refractivity contribution is -0.127. The summed E-state index contributed by atoms with van der Waals surface area (Å²) in [4.78, 5) is 28.3. The lowest BCUT2D eigenvalue weighted by Gasteiger charge is -2.33. The molecule has 1 N–H and O–H groups in total. The van der Waals surface area contributed by atoms with E-state index in [4.69, 9.17) is 9.47 Å². The van der Waals surface area contributed by atoms with Crippen molar-refractivity contribution >= 4 is 12.0 Å². The Morgan fingerprint density at radius 2 is 1.77 bits per heavy atom. The van der Waals surface area contributed by atoms with Crippen molar-refractivity contribution in [3.05, 3.63) is 89.5 Å². The second-order valence-electron chi connectivity index (χ2n) is 11.0. The maximum absolute atomic E-state index is 13.6. The molecule has 0 radical (unpaired) electrons. The number of ether oxygens (including phenoxy) is 2. The number of para-hydroxylation sites is 1. The first kappa shape index (κ1) is 27.2. The summed E-state index contributed by atoms with van der Waals surface area (Å²) in [6.45, 7) is 0.991. The Bertz CT molecular complexity index is 1180. The molecule has 6 nitrogen and oxygen atoms in total. The molecule has 3 aliphatic carbocycles. The van der Waals surface area contributed by atoms with Crippen molar-refractivity contribution < 1.29 is 20.5 Å². The van der Waals surface area contributed by atoms with Crippen molar-refractivity contribution in [2.24, 2.45) is 5.92 Å². The average molecular weight is 531 g/mol. The van der Waals surface area contributed by atoms with Gasteiger partial charge in [-0.3, -0.25) is 4.79 Å². The topological polar surface area (TPSA) is 67.9 Å². The van der Waals surface area contributed by atoms with Crippen molar-refractivity contribution in [3.8, 4) is 5.75 Å². The van der Waals surface area contributed by atoms with E-state index >= 15 is 0 Å². The Morgan fingerprint density at radius 1 is 1.00 bits per heavy atom. The fourth-order valence-electron chi connectivity index (χ4n) is 5.85. The van der Waals surface area contributed by atoms with Crippen LogP contribution in [0.4, 0.5) is 4.79 Å². The molecule has 0 aromatic heterocycles. The van der Waals surface area contributed by atoms with Crippen LogP contribution in [0.15, 0.2) is 78.4 Å². The SMILES string of the molecule is COCC(NC(=O)[C@H]1CCCC[C@@H]1c1ccc(CN(C(=O)Oc2ccccc2)C2CC2)cc1)C1=CCCC=C1.[HH]. The van der Waals surface area contributed by atoms with E-state index in [9.17, 15) is 9.59 Å². The minimum Gasteiger partial charge on any atom is -0.410 e. The zero-order valence-corrected chi connectivity index (χ0v) is 22.9. The van der Waals surface area contributed by atoms with Gasteiger partial charge >= 0.3 is 6.09 Å². The third-order valence-corrected chi connectivity index (χ3v) is 8.11. The van der Waals surface area contributed by atoms with Gasteiger partial charge in [0.15, 0.2) is 0 Å².